The number of carbonyl (C=O) groups excluding carboxylic acids is 1. The van der Waals surface area contributed by atoms with Gasteiger partial charge in [0.2, 0.25) is 0 Å². The Hall–Kier alpha value is -1.73. The first kappa shape index (κ1) is 16.6. The summed E-state index contributed by atoms with van der Waals surface area (Å²) in [6.07, 6.45) is 5.81. The second-order valence-corrected chi connectivity index (χ2v) is 5.92. The fourth-order valence-electron chi connectivity index (χ4n) is 2.94. The van der Waals surface area contributed by atoms with Crippen molar-refractivity contribution in [2.24, 2.45) is 0 Å². The standard InChI is InChI=1S/C17H21ClN2O2/c1-2-20(14-6-4-3-5-7-14)17(21)12-22-16-9-8-13(11-19)10-15(16)18/h8-10,14H,2-7,12H2,1H3. The van der Waals surface area contributed by atoms with Crippen LogP contribution in [0.15, 0.2) is 18.2 Å². The number of ether oxygens (including phenoxy) is 1. The van der Waals surface area contributed by atoms with Crippen LogP contribution in [-0.4, -0.2) is 30.0 Å². The Labute approximate surface area is 136 Å². The summed E-state index contributed by atoms with van der Waals surface area (Å²) in [7, 11) is 0. The molecule has 22 heavy (non-hydrogen) atoms. The number of benzene rings is 1. The molecule has 1 aromatic rings. The molecule has 4 nitrogen and oxygen atoms in total. The first-order valence-electron chi connectivity index (χ1n) is 7.77. The van der Waals surface area contributed by atoms with Crippen molar-refractivity contribution >= 4 is 17.5 Å². The number of hydrogen-bond acceptors (Lipinski definition) is 3. The molecule has 1 saturated carbocycles. The predicted octanol–water partition coefficient (Wildman–Crippen LogP) is 3.77. The smallest absolute Gasteiger partial charge is 0.260 e. The van der Waals surface area contributed by atoms with Crippen molar-refractivity contribution in [1.29, 1.82) is 5.26 Å². The van der Waals surface area contributed by atoms with E-state index in [1.807, 2.05) is 17.9 Å². The van der Waals surface area contributed by atoms with Crippen LogP contribution < -0.4 is 4.74 Å². The molecule has 0 atom stereocenters. The third-order valence-electron chi connectivity index (χ3n) is 4.09. The van der Waals surface area contributed by atoms with Gasteiger partial charge in [0.15, 0.2) is 6.61 Å². The summed E-state index contributed by atoms with van der Waals surface area (Å²) in [6, 6.07) is 7.16. The van der Waals surface area contributed by atoms with E-state index in [2.05, 4.69) is 0 Å². The molecule has 0 heterocycles. The van der Waals surface area contributed by atoms with E-state index >= 15 is 0 Å². The Morgan fingerprint density at radius 2 is 2.14 bits per heavy atom. The van der Waals surface area contributed by atoms with Gasteiger partial charge in [0, 0.05) is 12.6 Å². The largest absolute Gasteiger partial charge is 0.482 e. The van der Waals surface area contributed by atoms with Gasteiger partial charge >= 0.3 is 0 Å². The zero-order valence-electron chi connectivity index (χ0n) is 12.8. The SMILES string of the molecule is CCN(C(=O)COc1ccc(C#N)cc1Cl)C1CCCCC1. The van der Waals surface area contributed by atoms with Crippen LogP contribution in [0.4, 0.5) is 0 Å². The van der Waals surface area contributed by atoms with Crippen molar-refractivity contribution in [2.75, 3.05) is 13.2 Å². The summed E-state index contributed by atoms with van der Waals surface area (Å²) in [4.78, 5) is 14.3. The number of nitriles is 1. The highest BCUT2D eigenvalue weighted by Crippen LogP contribution is 2.26. The maximum Gasteiger partial charge on any atom is 0.260 e. The molecule has 1 aliphatic carbocycles. The van der Waals surface area contributed by atoms with Gasteiger partial charge in [0.25, 0.3) is 5.91 Å². The van der Waals surface area contributed by atoms with Crippen LogP contribution >= 0.6 is 11.6 Å². The minimum absolute atomic E-state index is 0.00479. The molecule has 0 spiro atoms. The predicted molar refractivity (Wildman–Crippen MR) is 85.9 cm³/mol. The van der Waals surface area contributed by atoms with Crippen LogP contribution in [0.25, 0.3) is 0 Å². The summed E-state index contributed by atoms with van der Waals surface area (Å²) in [5, 5.41) is 9.16. The van der Waals surface area contributed by atoms with Gasteiger partial charge in [-0.2, -0.15) is 5.26 Å². The van der Waals surface area contributed by atoms with Crippen molar-refractivity contribution in [3.05, 3.63) is 28.8 Å². The molecular formula is C17H21ClN2O2. The highest BCUT2D eigenvalue weighted by molar-refractivity contribution is 6.32. The van der Waals surface area contributed by atoms with Crippen molar-refractivity contribution in [1.82, 2.24) is 4.90 Å². The monoisotopic (exact) mass is 320 g/mol. The second kappa shape index (κ2) is 8.05. The Balaban J connectivity index is 1.94. The number of hydrogen-bond donors (Lipinski definition) is 0. The highest BCUT2D eigenvalue weighted by atomic mass is 35.5. The van der Waals surface area contributed by atoms with Crippen LogP contribution in [0.5, 0.6) is 5.75 Å². The molecule has 2 rings (SSSR count). The average molecular weight is 321 g/mol. The normalized spacial score (nSPS) is 15.1. The Bertz CT molecular complexity index is 562. The van der Waals surface area contributed by atoms with Crippen LogP contribution in [0, 0.1) is 11.3 Å². The van der Waals surface area contributed by atoms with E-state index in [4.69, 9.17) is 21.6 Å². The minimum atomic E-state index is -0.0179. The van der Waals surface area contributed by atoms with Gasteiger partial charge in [-0.25, -0.2) is 0 Å². The fourth-order valence-corrected chi connectivity index (χ4v) is 3.18. The number of carbonyl (C=O) groups is 1. The van der Waals surface area contributed by atoms with Crippen LogP contribution in [-0.2, 0) is 4.79 Å². The molecule has 1 aliphatic rings. The molecule has 0 radical (unpaired) electrons. The first-order valence-corrected chi connectivity index (χ1v) is 8.15. The molecule has 0 aliphatic heterocycles. The Morgan fingerprint density at radius 3 is 2.73 bits per heavy atom. The van der Waals surface area contributed by atoms with Gasteiger partial charge in [0.05, 0.1) is 16.7 Å². The van der Waals surface area contributed by atoms with E-state index in [-0.39, 0.29) is 12.5 Å². The van der Waals surface area contributed by atoms with E-state index < -0.39 is 0 Å². The number of nitrogens with zero attached hydrogens (tertiary/aromatic N) is 2. The topological polar surface area (TPSA) is 53.3 Å². The van der Waals surface area contributed by atoms with Gasteiger partial charge in [-0.1, -0.05) is 30.9 Å². The maximum absolute atomic E-state index is 12.4. The van der Waals surface area contributed by atoms with Gasteiger partial charge < -0.3 is 9.64 Å². The number of rotatable bonds is 5. The van der Waals surface area contributed by atoms with Gasteiger partial charge in [-0.05, 0) is 38.0 Å². The number of amides is 1. The zero-order valence-corrected chi connectivity index (χ0v) is 13.6. The third-order valence-corrected chi connectivity index (χ3v) is 4.38. The zero-order chi connectivity index (χ0) is 15.9. The first-order chi connectivity index (χ1) is 10.7. The highest BCUT2D eigenvalue weighted by Gasteiger charge is 2.24. The molecule has 0 unspecified atom stereocenters. The van der Waals surface area contributed by atoms with Crippen LogP contribution in [0.3, 0.4) is 0 Å². The fraction of sp³-hybridized carbons (Fsp3) is 0.529. The average Bonchev–Trinajstić information content (AvgIpc) is 2.55. The van der Waals surface area contributed by atoms with E-state index in [0.717, 1.165) is 12.8 Å². The van der Waals surface area contributed by atoms with Crippen molar-refractivity contribution in [3.63, 3.8) is 0 Å². The molecule has 1 amide bonds. The maximum atomic E-state index is 12.4. The molecule has 0 bridgehead atoms. The molecule has 0 aromatic heterocycles. The van der Waals surface area contributed by atoms with Crippen LogP contribution in [0.1, 0.15) is 44.6 Å². The third kappa shape index (κ3) is 4.14. The van der Waals surface area contributed by atoms with Crippen molar-refractivity contribution in [2.45, 2.75) is 45.1 Å². The van der Waals surface area contributed by atoms with Crippen molar-refractivity contribution in [3.8, 4) is 11.8 Å². The lowest BCUT2D eigenvalue weighted by atomic mass is 9.94. The van der Waals surface area contributed by atoms with E-state index in [1.54, 1.807) is 18.2 Å². The van der Waals surface area contributed by atoms with Crippen LogP contribution in [0.2, 0.25) is 5.02 Å². The summed E-state index contributed by atoms with van der Waals surface area (Å²) in [5.41, 5.74) is 0.473. The van der Waals surface area contributed by atoms with Gasteiger partial charge in [-0.3, -0.25) is 4.79 Å². The molecule has 1 fully saturated rings. The second-order valence-electron chi connectivity index (χ2n) is 5.52. The summed E-state index contributed by atoms with van der Waals surface area (Å²) < 4.78 is 5.54. The van der Waals surface area contributed by atoms with Crippen molar-refractivity contribution < 1.29 is 9.53 Å². The van der Waals surface area contributed by atoms with Gasteiger partial charge in [0.1, 0.15) is 5.75 Å². The molecule has 0 saturated heterocycles. The number of likely N-dealkylation sites (N-methyl/N-ethyl adjacent to an activating group) is 1. The Morgan fingerprint density at radius 1 is 1.41 bits per heavy atom. The molecule has 0 N–H and O–H groups in total. The Kier molecular flexibility index (Phi) is 6.09. The lowest BCUT2D eigenvalue weighted by Gasteiger charge is -2.33. The van der Waals surface area contributed by atoms with E-state index in [0.29, 0.717) is 28.9 Å². The van der Waals surface area contributed by atoms with Gasteiger partial charge in [-0.15, -0.1) is 0 Å². The minimum Gasteiger partial charge on any atom is -0.482 e. The lowest BCUT2D eigenvalue weighted by molar-refractivity contribution is -0.136. The molecular weight excluding hydrogens is 300 g/mol. The van der Waals surface area contributed by atoms with E-state index in [1.165, 1.54) is 19.3 Å². The van der Waals surface area contributed by atoms with E-state index in [9.17, 15) is 4.79 Å². The number of halogens is 1. The lowest BCUT2D eigenvalue weighted by Crippen LogP contribution is -2.43. The quantitative estimate of drug-likeness (QED) is 0.829. The summed E-state index contributed by atoms with van der Waals surface area (Å²) in [5.74, 6) is 0.434. The summed E-state index contributed by atoms with van der Waals surface area (Å²) >= 11 is 6.05. The summed E-state index contributed by atoms with van der Waals surface area (Å²) in [6.45, 7) is 2.69. The molecule has 1 aromatic carbocycles. The molecule has 118 valence electrons. The molecule has 5 heteroatoms.